The highest BCUT2D eigenvalue weighted by atomic mass is 16.2. The molecule has 140 valence electrons. The predicted molar refractivity (Wildman–Crippen MR) is 101 cm³/mol. The first-order chi connectivity index (χ1) is 13.0. The zero-order valence-corrected chi connectivity index (χ0v) is 15.6. The van der Waals surface area contributed by atoms with Crippen molar-refractivity contribution in [3.05, 3.63) is 30.1 Å². The summed E-state index contributed by atoms with van der Waals surface area (Å²) < 4.78 is 0. The van der Waals surface area contributed by atoms with Gasteiger partial charge in [-0.1, -0.05) is 0 Å². The molecule has 2 amide bonds. The molecule has 1 fully saturated rings. The van der Waals surface area contributed by atoms with Gasteiger partial charge in [0.1, 0.15) is 17.1 Å². The second-order valence-corrected chi connectivity index (χ2v) is 6.65. The van der Waals surface area contributed by atoms with Crippen LogP contribution in [0.3, 0.4) is 0 Å². The predicted octanol–water partition coefficient (Wildman–Crippen LogP) is 1.02. The molecule has 1 saturated heterocycles. The summed E-state index contributed by atoms with van der Waals surface area (Å²) in [4.78, 5) is 38.2. The minimum atomic E-state index is -0.0374. The summed E-state index contributed by atoms with van der Waals surface area (Å²) in [6.45, 7) is 2.53. The highest BCUT2D eigenvalue weighted by Crippen LogP contribution is 2.27. The maximum Gasteiger partial charge on any atom is 0.223 e. The molecule has 0 spiro atoms. The smallest absolute Gasteiger partial charge is 0.223 e. The van der Waals surface area contributed by atoms with Crippen LogP contribution in [-0.4, -0.2) is 71.9 Å². The first-order valence-electron chi connectivity index (χ1n) is 8.88. The topological polar surface area (TPSA) is 93.4 Å². The number of hydrogen-bond donors (Lipinski definition) is 0. The molecule has 1 aliphatic rings. The Kier molecular flexibility index (Phi) is 5.50. The fraction of sp³-hybridized carbons (Fsp3) is 0.421. The van der Waals surface area contributed by atoms with Crippen LogP contribution in [0.5, 0.6) is 0 Å². The van der Waals surface area contributed by atoms with Crippen molar-refractivity contribution in [2.24, 2.45) is 0 Å². The average molecular weight is 366 g/mol. The molecule has 0 N–H and O–H groups in total. The molecule has 0 unspecified atom stereocenters. The standard InChI is InChI=1S/C19H22N6O2/c1-23(2)16(26)5-6-17(27)25-11-9-24(10-12-25)15-4-3-14(13-20)18-19(15)22-8-7-21-18/h3-4,7-8H,5-6,9-12H2,1-2H3. The van der Waals surface area contributed by atoms with Crippen LogP contribution in [-0.2, 0) is 9.59 Å². The van der Waals surface area contributed by atoms with Gasteiger partial charge in [0, 0.05) is 65.5 Å². The third-order valence-corrected chi connectivity index (χ3v) is 4.75. The molecule has 3 rings (SSSR count). The van der Waals surface area contributed by atoms with Gasteiger partial charge in [-0.2, -0.15) is 5.26 Å². The van der Waals surface area contributed by atoms with Crippen LogP contribution in [0.2, 0.25) is 0 Å². The number of carbonyl (C=O) groups is 2. The summed E-state index contributed by atoms with van der Waals surface area (Å²) >= 11 is 0. The van der Waals surface area contributed by atoms with Crippen molar-refractivity contribution in [3.8, 4) is 6.07 Å². The van der Waals surface area contributed by atoms with E-state index >= 15 is 0 Å². The molecule has 1 aromatic carbocycles. The molecule has 1 aliphatic heterocycles. The van der Waals surface area contributed by atoms with E-state index in [2.05, 4.69) is 20.9 Å². The molecule has 8 nitrogen and oxygen atoms in total. The second-order valence-electron chi connectivity index (χ2n) is 6.65. The summed E-state index contributed by atoms with van der Waals surface area (Å²) in [7, 11) is 3.38. The van der Waals surface area contributed by atoms with Gasteiger partial charge in [0.25, 0.3) is 0 Å². The normalized spacial score (nSPS) is 14.1. The van der Waals surface area contributed by atoms with Crippen molar-refractivity contribution in [2.75, 3.05) is 45.2 Å². The number of hydrogen-bond acceptors (Lipinski definition) is 6. The van der Waals surface area contributed by atoms with E-state index in [9.17, 15) is 14.9 Å². The lowest BCUT2D eigenvalue weighted by Gasteiger charge is -2.36. The van der Waals surface area contributed by atoms with E-state index in [1.54, 1.807) is 37.5 Å². The van der Waals surface area contributed by atoms with E-state index in [1.807, 2.05) is 6.07 Å². The van der Waals surface area contributed by atoms with Gasteiger partial charge in [0.05, 0.1) is 11.3 Å². The number of amides is 2. The third kappa shape index (κ3) is 3.97. The number of anilines is 1. The van der Waals surface area contributed by atoms with Crippen molar-refractivity contribution in [3.63, 3.8) is 0 Å². The van der Waals surface area contributed by atoms with Gasteiger partial charge in [-0.3, -0.25) is 19.6 Å². The molecule has 0 radical (unpaired) electrons. The maximum absolute atomic E-state index is 12.3. The van der Waals surface area contributed by atoms with E-state index in [0.717, 1.165) is 5.69 Å². The summed E-state index contributed by atoms with van der Waals surface area (Å²) in [5, 5.41) is 9.25. The van der Waals surface area contributed by atoms with Crippen LogP contribution in [0.1, 0.15) is 18.4 Å². The molecule has 27 heavy (non-hydrogen) atoms. The fourth-order valence-corrected chi connectivity index (χ4v) is 3.18. The number of rotatable bonds is 4. The Balaban J connectivity index is 1.66. The summed E-state index contributed by atoms with van der Waals surface area (Å²) in [5.41, 5.74) is 2.72. The molecule has 0 bridgehead atoms. The molecular formula is C19H22N6O2. The van der Waals surface area contributed by atoms with Gasteiger partial charge in [0.2, 0.25) is 11.8 Å². The van der Waals surface area contributed by atoms with E-state index in [4.69, 9.17) is 0 Å². The number of aromatic nitrogens is 2. The monoisotopic (exact) mass is 366 g/mol. The number of nitriles is 1. The van der Waals surface area contributed by atoms with Crippen LogP contribution in [0.15, 0.2) is 24.5 Å². The van der Waals surface area contributed by atoms with Gasteiger partial charge in [-0.25, -0.2) is 0 Å². The van der Waals surface area contributed by atoms with Crippen molar-refractivity contribution in [2.45, 2.75) is 12.8 Å². The number of fused-ring (bicyclic) bond motifs is 1. The SMILES string of the molecule is CN(C)C(=O)CCC(=O)N1CCN(c2ccc(C#N)c3nccnc23)CC1. The Morgan fingerprint density at radius 2 is 1.74 bits per heavy atom. The lowest BCUT2D eigenvalue weighted by atomic mass is 10.1. The fourth-order valence-electron chi connectivity index (χ4n) is 3.18. The third-order valence-electron chi connectivity index (χ3n) is 4.75. The molecule has 2 aromatic rings. The van der Waals surface area contributed by atoms with Crippen LogP contribution in [0.25, 0.3) is 11.0 Å². The Morgan fingerprint density at radius 3 is 2.37 bits per heavy atom. The van der Waals surface area contributed by atoms with Crippen LogP contribution in [0.4, 0.5) is 5.69 Å². The number of nitrogens with zero attached hydrogens (tertiary/aromatic N) is 6. The zero-order chi connectivity index (χ0) is 19.4. The van der Waals surface area contributed by atoms with E-state index in [-0.39, 0.29) is 24.7 Å². The summed E-state index contributed by atoms with van der Waals surface area (Å²) in [6, 6.07) is 5.80. The van der Waals surface area contributed by atoms with Gasteiger partial charge >= 0.3 is 0 Å². The second kappa shape index (κ2) is 7.99. The molecule has 0 atom stereocenters. The average Bonchev–Trinajstić information content (AvgIpc) is 2.71. The summed E-state index contributed by atoms with van der Waals surface area (Å²) in [6.07, 6.45) is 3.68. The highest BCUT2D eigenvalue weighted by molar-refractivity contribution is 5.92. The largest absolute Gasteiger partial charge is 0.366 e. The first-order valence-corrected chi connectivity index (χ1v) is 8.88. The Labute approximate surface area is 158 Å². The van der Waals surface area contributed by atoms with Crippen molar-refractivity contribution >= 4 is 28.5 Å². The van der Waals surface area contributed by atoms with Crippen molar-refractivity contribution in [1.82, 2.24) is 19.8 Å². The zero-order valence-electron chi connectivity index (χ0n) is 15.6. The van der Waals surface area contributed by atoms with Crippen LogP contribution >= 0.6 is 0 Å². The Bertz CT molecular complexity index is 897. The number of benzene rings is 1. The van der Waals surface area contributed by atoms with Gasteiger partial charge in [0.15, 0.2) is 0 Å². The Morgan fingerprint density at radius 1 is 1.07 bits per heavy atom. The summed E-state index contributed by atoms with van der Waals surface area (Å²) in [5.74, 6) is -0.0288. The van der Waals surface area contributed by atoms with E-state index in [0.29, 0.717) is 42.8 Å². The lowest BCUT2D eigenvalue weighted by molar-refractivity contribution is -0.136. The molecule has 2 heterocycles. The van der Waals surface area contributed by atoms with Gasteiger partial charge in [-0.05, 0) is 12.1 Å². The van der Waals surface area contributed by atoms with Gasteiger partial charge in [-0.15, -0.1) is 0 Å². The number of piperazine rings is 1. The Hall–Kier alpha value is -3.21. The van der Waals surface area contributed by atoms with E-state index in [1.165, 1.54) is 4.90 Å². The minimum absolute atomic E-state index is 0.00864. The minimum Gasteiger partial charge on any atom is -0.366 e. The van der Waals surface area contributed by atoms with E-state index < -0.39 is 0 Å². The first kappa shape index (κ1) is 18.6. The maximum atomic E-state index is 12.3. The van der Waals surface area contributed by atoms with Crippen molar-refractivity contribution in [1.29, 1.82) is 5.26 Å². The lowest BCUT2D eigenvalue weighted by Crippen LogP contribution is -2.49. The molecule has 1 aromatic heterocycles. The van der Waals surface area contributed by atoms with Crippen molar-refractivity contribution < 1.29 is 9.59 Å². The molecular weight excluding hydrogens is 344 g/mol. The van der Waals surface area contributed by atoms with Crippen LogP contribution < -0.4 is 4.90 Å². The number of carbonyl (C=O) groups excluding carboxylic acids is 2. The highest BCUT2D eigenvalue weighted by Gasteiger charge is 2.23. The molecule has 0 saturated carbocycles. The van der Waals surface area contributed by atoms with Gasteiger partial charge < -0.3 is 14.7 Å². The molecule has 8 heteroatoms. The van der Waals surface area contributed by atoms with Crippen LogP contribution in [0, 0.1) is 11.3 Å². The molecule has 0 aliphatic carbocycles. The quantitative estimate of drug-likeness (QED) is 0.802.